The zero-order valence-corrected chi connectivity index (χ0v) is 23.8. The van der Waals surface area contributed by atoms with Gasteiger partial charge in [0.2, 0.25) is 5.91 Å². The lowest BCUT2D eigenvalue weighted by molar-refractivity contribution is -0.124. The summed E-state index contributed by atoms with van der Waals surface area (Å²) in [4.78, 5) is 29.3. The number of rotatable bonds is 14. The van der Waals surface area contributed by atoms with Gasteiger partial charge in [-0.15, -0.1) is 0 Å². The number of ether oxygens (including phenoxy) is 2. The lowest BCUT2D eigenvalue weighted by Crippen LogP contribution is -2.50. The molecule has 1 aromatic heterocycles. The van der Waals surface area contributed by atoms with Crippen molar-refractivity contribution in [2.45, 2.75) is 33.3 Å². The second-order valence-corrected chi connectivity index (χ2v) is 10.3. The molecule has 40 heavy (non-hydrogen) atoms. The quantitative estimate of drug-likeness (QED) is 0.177. The van der Waals surface area contributed by atoms with Crippen LogP contribution < -0.4 is 20.4 Å². The Balaban J connectivity index is 1.99. The number of hydrogen-bond donors (Lipinski definition) is 3. The van der Waals surface area contributed by atoms with Gasteiger partial charge in [0, 0.05) is 36.3 Å². The highest BCUT2D eigenvalue weighted by molar-refractivity contribution is 7.20. The molecule has 2 aromatic rings. The fraction of sp³-hybridized carbons (Fsp3) is 0.444. The van der Waals surface area contributed by atoms with Gasteiger partial charge >= 0.3 is 0 Å². The molecule has 0 spiro atoms. The first-order chi connectivity index (χ1) is 19.2. The molecule has 214 valence electrons. The summed E-state index contributed by atoms with van der Waals surface area (Å²) in [7, 11) is 1.49. The van der Waals surface area contributed by atoms with Gasteiger partial charge in [0.1, 0.15) is 27.7 Å². The number of amides is 2. The maximum absolute atomic E-state index is 14.3. The van der Waals surface area contributed by atoms with E-state index in [1.807, 2.05) is 11.8 Å². The first-order valence-corrected chi connectivity index (χ1v) is 13.6. The minimum Gasteiger partial charge on any atom is -0.496 e. The number of benzene rings is 1. The van der Waals surface area contributed by atoms with Gasteiger partial charge in [0.05, 0.1) is 51.2 Å². The number of nitriles is 1. The Bertz CT molecular complexity index is 1290. The average molecular weight is 572 g/mol. The zero-order chi connectivity index (χ0) is 29.2. The monoisotopic (exact) mass is 571 g/mol. The van der Waals surface area contributed by atoms with Gasteiger partial charge in [-0.3, -0.25) is 15.0 Å². The van der Waals surface area contributed by atoms with Crippen molar-refractivity contribution in [3.63, 3.8) is 0 Å². The Hall–Kier alpha value is -4.02. The van der Waals surface area contributed by atoms with Crippen LogP contribution in [0, 0.1) is 35.4 Å². The molecule has 1 aromatic carbocycles. The molecule has 13 heteroatoms. The lowest BCUT2D eigenvalue weighted by Gasteiger charge is -2.38. The summed E-state index contributed by atoms with van der Waals surface area (Å²) < 4.78 is 25.9. The van der Waals surface area contributed by atoms with Gasteiger partial charge in [-0.25, -0.2) is 4.39 Å². The zero-order valence-electron chi connectivity index (χ0n) is 23.0. The number of carbonyl (C=O) groups is 2. The number of nitrogens with one attached hydrogen (secondary N) is 3. The number of hydrazone groups is 1. The number of nitrogens with zero attached hydrogens (tertiary/aromatic N) is 4. The molecule has 0 saturated carbocycles. The van der Waals surface area contributed by atoms with Crippen LogP contribution in [0.25, 0.3) is 0 Å². The van der Waals surface area contributed by atoms with Crippen LogP contribution >= 0.6 is 11.3 Å². The molecule has 0 fully saturated rings. The fourth-order valence-electron chi connectivity index (χ4n) is 4.18. The molecule has 1 aliphatic rings. The third-order valence-electron chi connectivity index (χ3n) is 6.24. The number of halogens is 1. The maximum atomic E-state index is 14.3. The minimum absolute atomic E-state index is 0.103. The highest BCUT2D eigenvalue weighted by atomic mass is 32.1. The van der Waals surface area contributed by atoms with Gasteiger partial charge in [-0.2, -0.15) is 10.4 Å². The van der Waals surface area contributed by atoms with Gasteiger partial charge < -0.3 is 30.0 Å². The fourth-order valence-corrected chi connectivity index (χ4v) is 5.33. The number of hydrogen-bond acceptors (Lipinski definition) is 10. The second-order valence-electron chi connectivity index (χ2n) is 9.32. The summed E-state index contributed by atoms with van der Waals surface area (Å²) in [5.74, 6) is -0.483. The first kappa shape index (κ1) is 30.5. The van der Waals surface area contributed by atoms with Crippen LogP contribution in [-0.4, -0.2) is 69.2 Å². The van der Waals surface area contributed by atoms with Gasteiger partial charge in [0.25, 0.3) is 5.91 Å². The van der Waals surface area contributed by atoms with Crippen LogP contribution in [0.2, 0.25) is 0 Å². The molecule has 2 amide bonds. The van der Waals surface area contributed by atoms with Gasteiger partial charge in [-0.05, 0) is 25.1 Å². The van der Waals surface area contributed by atoms with Crippen molar-refractivity contribution >= 4 is 45.6 Å². The van der Waals surface area contributed by atoms with E-state index in [4.69, 9.17) is 20.1 Å². The highest BCUT2D eigenvalue weighted by Crippen LogP contribution is 2.44. The Morgan fingerprint density at radius 2 is 2.15 bits per heavy atom. The van der Waals surface area contributed by atoms with E-state index in [9.17, 15) is 14.0 Å². The Morgan fingerprint density at radius 3 is 2.83 bits per heavy atom. The molecule has 0 aliphatic carbocycles. The summed E-state index contributed by atoms with van der Waals surface area (Å²) in [6, 6.07) is 6.23. The summed E-state index contributed by atoms with van der Waals surface area (Å²) in [6.07, 6.45) is 1.79. The van der Waals surface area contributed by atoms with E-state index >= 15 is 0 Å². The average Bonchev–Trinajstić information content (AvgIpc) is 3.26. The van der Waals surface area contributed by atoms with Crippen molar-refractivity contribution in [2.24, 2.45) is 11.0 Å². The first-order valence-electron chi connectivity index (χ1n) is 12.8. The summed E-state index contributed by atoms with van der Waals surface area (Å²) in [6.45, 7) is 6.52. The Kier molecular flexibility index (Phi) is 11.0. The van der Waals surface area contributed by atoms with E-state index in [2.05, 4.69) is 21.9 Å². The molecule has 2 heterocycles. The lowest BCUT2D eigenvalue weighted by atomic mass is 10.1. The normalized spacial score (nSPS) is 13.8. The third kappa shape index (κ3) is 7.34. The number of anilines is 2. The van der Waals surface area contributed by atoms with Gasteiger partial charge in [0.15, 0.2) is 0 Å². The van der Waals surface area contributed by atoms with Gasteiger partial charge in [-0.1, -0.05) is 25.2 Å². The predicted octanol–water partition coefficient (Wildman–Crippen LogP) is 3.91. The molecule has 1 aliphatic heterocycles. The van der Waals surface area contributed by atoms with Crippen molar-refractivity contribution in [2.75, 3.05) is 50.3 Å². The van der Waals surface area contributed by atoms with E-state index in [0.717, 1.165) is 6.21 Å². The number of carbonyl (C=O) groups excluding carboxylic acids is 2. The van der Waals surface area contributed by atoms with Crippen LogP contribution in [0.15, 0.2) is 23.3 Å². The molecule has 1 atom stereocenters. The Labute approximate surface area is 237 Å². The molecule has 3 N–H and O–H groups in total. The molecule has 0 bridgehead atoms. The molecule has 3 rings (SSSR count). The molecule has 0 radical (unpaired) electrons. The molecule has 11 nitrogen and oxygen atoms in total. The summed E-state index contributed by atoms with van der Waals surface area (Å²) >= 11 is 1.33. The molecule has 1 unspecified atom stereocenters. The largest absolute Gasteiger partial charge is 0.496 e. The smallest absolute Gasteiger partial charge is 0.258 e. The van der Waals surface area contributed by atoms with E-state index in [1.165, 1.54) is 42.9 Å². The van der Waals surface area contributed by atoms with Crippen LogP contribution in [0.1, 0.15) is 47.9 Å². The predicted molar refractivity (Wildman–Crippen MR) is 153 cm³/mol. The molecular weight excluding hydrogens is 537 g/mol. The third-order valence-corrected chi connectivity index (χ3v) is 7.49. The SMILES string of the molecule is COc1ccc(F)cc1C(CN1CN(CCNC(=O)C(C)C)C(=O)c2c1sc(N/N=C\C=N)c2C)OCCC#N. The number of methoxy groups -OCH3 is 1. The highest BCUT2D eigenvalue weighted by Gasteiger charge is 2.36. The summed E-state index contributed by atoms with van der Waals surface area (Å²) in [5.41, 5.74) is 4.56. The van der Waals surface area contributed by atoms with E-state index < -0.39 is 11.9 Å². The summed E-state index contributed by atoms with van der Waals surface area (Å²) in [5, 5.41) is 24.4. The van der Waals surface area contributed by atoms with Crippen molar-refractivity contribution in [3.8, 4) is 11.8 Å². The van der Waals surface area contributed by atoms with E-state index in [0.29, 0.717) is 32.4 Å². The van der Waals surface area contributed by atoms with E-state index in [1.54, 1.807) is 18.7 Å². The van der Waals surface area contributed by atoms with Crippen molar-refractivity contribution in [1.29, 1.82) is 10.7 Å². The van der Waals surface area contributed by atoms with E-state index in [-0.39, 0.29) is 57.1 Å². The Morgan fingerprint density at radius 1 is 1.38 bits per heavy atom. The van der Waals surface area contributed by atoms with Crippen LogP contribution in [0.3, 0.4) is 0 Å². The van der Waals surface area contributed by atoms with Crippen LogP contribution in [-0.2, 0) is 9.53 Å². The molecule has 0 saturated heterocycles. The standard InChI is InChI=1S/C27H34FN7O4S/c1-17(2)24(36)31-11-12-34-16-35(27-23(26(34)37)18(3)25(40-27)33-32-10-9-30)15-22(39-13-5-8-29)20-14-19(28)6-7-21(20)38-4/h6-7,9-10,14,17,22,30,33H,5,11-13,15-16H2,1-4H3,(H,31,36)/b30-9?,32-10-. The van der Waals surface area contributed by atoms with Crippen LogP contribution in [0.5, 0.6) is 5.75 Å². The van der Waals surface area contributed by atoms with Crippen molar-refractivity contribution < 1.29 is 23.5 Å². The second kappa shape index (κ2) is 14.4. The number of fused-ring (bicyclic) bond motifs is 1. The topological polar surface area (TPSA) is 143 Å². The minimum atomic E-state index is -0.683. The van der Waals surface area contributed by atoms with Crippen molar-refractivity contribution in [3.05, 3.63) is 40.7 Å². The maximum Gasteiger partial charge on any atom is 0.258 e. The van der Waals surface area contributed by atoms with Crippen LogP contribution in [0.4, 0.5) is 14.4 Å². The van der Waals surface area contributed by atoms with Crippen molar-refractivity contribution in [1.82, 2.24) is 10.2 Å². The number of thiophene rings is 1. The molecular formula is C27H34FN7O4S.